The first-order valence-electron chi connectivity index (χ1n) is 5.49. The molecule has 0 atom stereocenters. The molecule has 88 valence electrons. The molecule has 3 rings (SSSR count). The van der Waals surface area contributed by atoms with Crippen LogP contribution in [0.2, 0.25) is 0 Å². The molecule has 0 aliphatic heterocycles. The Kier molecular flexibility index (Phi) is 2.78. The monoisotopic (exact) mass is 343 g/mol. The third kappa shape index (κ3) is 2.29. The van der Waals surface area contributed by atoms with Crippen molar-refractivity contribution in [3.05, 3.63) is 40.0 Å². The predicted octanol–water partition coefficient (Wildman–Crippen LogP) is 3.71. The lowest BCUT2D eigenvalue weighted by Crippen LogP contribution is -2.02. The number of nitrogens with one attached hydrogen (secondary N) is 1. The highest BCUT2D eigenvalue weighted by molar-refractivity contribution is 14.1. The van der Waals surface area contributed by atoms with E-state index in [4.69, 9.17) is 0 Å². The van der Waals surface area contributed by atoms with E-state index in [1.807, 2.05) is 6.20 Å². The van der Waals surface area contributed by atoms with Gasteiger partial charge in [-0.3, -0.25) is 0 Å². The van der Waals surface area contributed by atoms with Crippen LogP contribution in [-0.4, -0.2) is 9.55 Å². The Morgan fingerprint density at radius 3 is 2.94 bits per heavy atom. The van der Waals surface area contributed by atoms with Crippen LogP contribution in [0.15, 0.2) is 30.6 Å². The van der Waals surface area contributed by atoms with Crippen molar-refractivity contribution in [1.82, 2.24) is 9.55 Å². The van der Waals surface area contributed by atoms with Crippen molar-refractivity contribution in [2.75, 3.05) is 5.32 Å². The molecule has 1 aromatic heterocycles. The molecule has 1 heterocycles. The summed E-state index contributed by atoms with van der Waals surface area (Å²) in [5.74, 6) is 0.613. The second kappa shape index (κ2) is 4.29. The number of hydrogen-bond donors (Lipinski definition) is 1. The number of anilines is 2. The summed E-state index contributed by atoms with van der Waals surface area (Å²) in [5, 5.41) is 3.25. The van der Waals surface area contributed by atoms with Crippen LogP contribution in [0, 0.1) is 9.39 Å². The molecule has 0 spiro atoms. The lowest BCUT2D eigenvalue weighted by molar-refractivity contribution is 0.627. The third-order valence-electron chi connectivity index (χ3n) is 2.79. The van der Waals surface area contributed by atoms with Crippen molar-refractivity contribution in [1.29, 1.82) is 0 Å². The lowest BCUT2D eigenvalue weighted by Gasteiger charge is -2.10. The Morgan fingerprint density at radius 1 is 1.41 bits per heavy atom. The topological polar surface area (TPSA) is 29.9 Å². The molecule has 0 bridgehead atoms. The first kappa shape index (κ1) is 11.0. The zero-order valence-corrected chi connectivity index (χ0v) is 11.2. The maximum atomic E-state index is 13.0. The first-order valence-corrected chi connectivity index (χ1v) is 6.57. The van der Waals surface area contributed by atoms with Gasteiger partial charge in [-0.05, 0) is 53.6 Å². The number of hydrogen-bond acceptors (Lipinski definition) is 2. The van der Waals surface area contributed by atoms with Crippen LogP contribution in [0.4, 0.5) is 16.0 Å². The summed E-state index contributed by atoms with van der Waals surface area (Å²) in [5.41, 5.74) is 0.889. The van der Waals surface area contributed by atoms with E-state index < -0.39 is 0 Å². The molecule has 5 heteroatoms. The molecule has 0 amide bonds. The quantitative estimate of drug-likeness (QED) is 0.862. The normalized spacial score (nSPS) is 14.9. The van der Waals surface area contributed by atoms with E-state index >= 15 is 0 Å². The Bertz CT molecular complexity index is 548. The van der Waals surface area contributed by atoms with E-state index in [9.17, 15) is 4.39 Å². The summed E-state index contributed by atoms with van der Waals surface area (Å²) in [6.07, 6.45) is 6.20. The van der Waals surface area contributed by atoms with Gasteiger partial charge in [0.15, 0.2) is 0 Å². The van der Waals surface area contributed by atoms with Crippen molar-refractivity contribution < 1.29 is 4.39 Å². The SMILES string of the molecule is Fc1ccc(Nc2nccn2C2CC2)c(I)c1. The molecule has 0 saturated heterocycles. The highest BCUT2D eigenvalue weighted by Gasteiger charge is 2.25. The van der Waals surface area contributed by atoms with Crippen molar-refractivity contribution in [3.8, 4) is 0 Å². The van der Waals surface area contributed by atoms with Crippen molar-refractivity contribution in [2.45, 2.75) is 18.9 Å². The summed E-state index contributed by atoms with van der Waals surface area (Å²) >= 11 is 2.12. The standard InChI is InChI=1S/C12H11FIN3/c13-8-1-4-11(10(14)7-8)16-12-15-5-6-17(12)9-2-3-9/h1,4-7,9H,2-3H2,(H,15,16). The zero-order chi connectivity index (χ0) is 11.8. The molecular weight excluding hydrogens is 332 g/mol. The Morgan fingerprint density at radius 2 is 2.24 bits per heavy atom. The van der Waals surface area contributed by atoms with Gasteiger partial charge in [0.2, 0.25) is 5.95 Å². The average molecular weight is 343 g/mol. The van der Waals surface area contributed by atoms with Crippen LogP contribution in [0.5, 0.6) is 0 Å². The van der Waals surface area contributed by atoms with E-state index in [-0.39, 0.29) is 5.82 Å². The fourth-order valence-corrected chi connectivity index (χ4v) is 2.38. The molecule has 1 aliphatic carbocycles. The van der Waals surface area contributed by atoms with Gasteiger partial charge in [-0.15, -0.1) is 0 Å². The van der Waals surface area contributed by atoms with Gasteiger partial charge < -0.3 is 9.88 Å². The van der Waals surface area contributed by atoms with Gasteiger partial charge in [-0.1, -0.05) is 0 Å². The van der Waals surface area contributed by atoms with Gasteiger partial charge in [-0.2, -0.15) is 0 Å². The number of nitrogens with zero attached hydrogens (tertiary/aromatic N) is 2. The average Bonchev–Trinajstić information content (AvgIpc) is 3.03. The second-order valence-electron chi connectivity index (χ2n) is 4.14. The molecule has 0 unspecified atom stereocenters. The van der Waals surface area contributed by atoms with Crippen LogP contribution >= 0.6 is 22.6 Å². The molecular formula is C12H11FIN3. The highest BCUT2D eigenvalue weighted by atomic mass is 127. The molecule has 0 radical (unpaired) electrons. The summed E-state index contributed by atoms with van der Waals surface area (Å²) in [4.78, 5) is 4.29. The second-order valence-corrected chi connectivity index (χ2v) is 5.30. The minimum Gasteiger partial charge on any atom is -0.325 e. The van der Waals surface area contributed by atoms with E-state index in [0.29, 0.717) is 6.04 Å². The zero-order valence-electron chi connectivity index (χ0n) is 9.03. The number of imidazole rings is 1. The van der Waals surface area contributed by atoms with Crippen LogP contribution in [0.3, 0.4) is 0 Å². The molecule has 17 heavy (non-hydrogen) atoms. The third-order valence-corrected chi connectivity index (χ3v) is 3.68. The van der Waals surface area contributed by atoms with Crippen molar-refractivity contribution in [3.63, 3.8) is 0 Å². The minimum atomic E-state index is -0.217. The first-order chi connectivity index (χ1) is 8.24. The molecule has 1 saturated carbocycles. The number of aromatic nitrogens is 2. The maximum Gasteiger partial charge on any atom is 0.207 e. The summed E-state index contributed by atoms with van der Waals surface area (Å²) in [6.45, 7) is 0. The van der Waals surface area contributed by atoms with Gasteiger partial charge in [0, 0.05) is 22.0 Å². The molecule has 1 aliphatic rings. The largest absolute Gasteiger partial charge is 0.325 e. The van der Waals surface area contributed by atoms with E-state index in [2.05, 4.69) is 37.5 Å². The van der Waals surface area contributed by atoms with E-state index in [0.717, 1.165) is 15.2 Å². The highest BCUT2D eigenvalue weighted by Crippen LogP contribution is 2.37. The van der Waals surface area contributed by atoms with Crippen molar-refractivity contribution in [2.24, 2.45) is 0 Å². The maximum absolute atomic E-state index is 13.0. The summed E-state index contributed by atoms with van der Waals surface area (Å²) in [7, 11) is 0. The molecule has 1 N–H and O–H groups in total. The summed E-state index contributed by atoms with van der Waals surface area (Å²) in [6, 6.07) is 5.28. The number of halogens is 2. The Balaban J connectivity index is 1.88. The summed E-state index contributed by atoms with van der Waals surface area (Å²) < 4.78 is 16.0. The van der Waals surface area contributed by atoms with E-state index in [1.165, 1.54) is 25.0 Å². The number of benzene rings is 1. The van der Waals surface area contributed by atoms with Gasteiger partial charge in [0.05, 0.1) is 5.69 Å². The Hall–Kier alpha value is -1.11. The smallest absolute Gasteiger partial charge is 0.207 e. The van der Waals surface area contributed by atoms with Gasteiger partial charge in [0.25, 0.3) is 0 Å². The Labute approximate surface area is 112 Å². The van der Waals surface area contributed by atoms with Crippen molar-refractivity contribution >= 4 is 34.2 Å². The minimum absolute atomic E-state index is 0.217. The predicted molar refractivity (Wildman–Crippen MR) is 72.9 cm³/mol. The molecule has 1 aromatic carbocycles. The molecule has 2 aromatic rings. The fourth-order valence-electron chi connectivity index (χ4n) is 1.77. The molecule has 1 fully saturated rings. The van der Waals surface area contributed by atoms with Gasteiger partial charge in [0.1, 0.15) is 5.82 Å². The van der Waals surface area contributed by atoms with E-state index in [1.54, 1.807) is 12.3 Å². The number of rotatable bonds is 3. The van der Waals surface area contributed by atoms with Crippen LogP contribution in [0.1, 0.15) is 18.9 Å². The fraction of sp³-hybridized carbons (Fsp3) is 0.250. The van der Waals surface area contributed by atoms with Crippen LogP contribution in [-0.2, 0) is 0 Å². The van der Waals surface area contributed by atoms with Gasteiger partial charge >= 0.3 is 0 Å². The molecule has 3 nitrogen and oxygen atoms in total. The van der Waals surface area contributed by atoms with Crippen LogP contribution in [0.25, 0.3) is 0 Å². The van der Waals surface area contributed by atoms with Gasteiger partial charge in [-0.25, -0.2) is 9.37 Å². The lowest BCUT2D eigenvalue weighted by atomic mass is 10.3. The van der Waals surface area contributed by atoms with Crippen LogP contribution < -0.4 is 5.32 Å².